The molecule has 1 saturated carbocycles. The van der Waals surface area contributed by atoms with E-state index in [1.54, 1.807) is 0 Å². The van der Waals surface area contributed by atoms with Crippen molar-refractivity contribution in [2.75, 3.05) is 0 Å². The predicted octanol–water partition coefficient (Wildman–Crippen LogP) is 3.74. The smallest absolute Gasteiger partial charge is 0.0948 e. The fraction of sp³-hybridized carbons (Fsp3) is 0.812. The van der Waals surface area contributed by atoms with Crippen LogP contribution in [-0.4, -0.2) is 15.6 Å². The van der Waals surface area contributed by atoms with Crippen molar-refractivity contribution >= 4 is 0 Å². The molecule has 1 aliphatic rings. The van der Waals surface area contributed by atoms with Crippen LogP contribution >= 0.6 is 0 Å². The molecule has 0 unspecified atom stereocenters. The Morgan fingerprint density at radius 3 is 2.84 bits per heavy atom. The summed E-state index contributed by atoms with van der Waals surface area (Å²) in [5.41, 5.74) is 1.69. The molecule has 3 nitrogen and oxygen atoms in total. The Balaban J connectivity index is 1.84. The van der Waals surface area contributed by atoms with Gasteiger partial charge in [0.25, 0.3) is 0 Å². The van der Waals surface area contributed by atoms with Gasteiger partial charge in [-0.3, -0.25) is 0 Å². The molecule has 1 heterocycles. The molecule has 3 heteroatoms. The number of nitrogens with one attached hydrogen (secondary N) is 1. The third kappa shape index (κ3) is 4.98. The molecule has 1 fully saturated rings. The first-order valence-corrected chi connectivity index (χ1v) is 7.83. The fourth-order valence-corrected chi connectivity index (χ4v) is 2.57. The van der Waals surface area contributed by atoms with Crippen LogP contribution in [0.25, 0.3) is 0 Å². The lowest BCUT2D eigenvalue weighted by Crippen LogP contribution is -2.23. The maximum Gasteiger partial charge on any atom is 0.0948 e. The fourth-order valence-electron chi connectivity index (χ4n) is 2.57. The molecule has 108 valence electrons. The third-order valence-corrected chi connectivity index (χ3v) is 4.00. The van der Waals surface area contributed by atoms with Gasteiger partial charge in [-0.1, -0.05) is 40.0 Å². The summed E-state index contributed by atoms with van der Waals surface area (Å²) in [5, 5.41) is 3.58. The molecule has 1 N–H and O–H groups in total. The Labute approximate surface area is 117 Å². The summed E-state index contributed by atoms with van der Waals surface area (Å²) in [5.74, 6) is 0. The topological polar surface area (TPSA) is 29.9 Å². The Morgan fingerprint density at radius 2 is 2.16 bits per heavy atom. The number of aromatic nitrogens is 2. The summed E-state index contributed by atoms with van der Waals surface area (Å²) in [6.45, 7) is 9.07. The molecule has 0 aliphatic heterocycles. The van der Waals surface area contributed by atoms with Crippen LogP contribution in [0.5, 0.6) is 0 Å². The van der Waals surface area contributed by atoms with Crippen molar-refractivity contribution < 1.29 is 0 Å². The maximum absolute atomic E-state index is 4.32. The summed E-state index contributed by atoms with van der Waals surface area (Å²) in [7, 11) is 0. The van der Waals surface area contributed by atoms with Gasteiger partial charge >= 0.3 is 0 Å². The third-order valence-electron chi connectivity index (χ3n) is 4.00. The predicted molar refractivity (Wildman–Crippen MR) is 80.0 cm³/mol. The van der Waals surface area contributed by atoms with Crippen LogP contribution < -0.4 is 5.32 Å². The monoisotopic (exact) mass is 263 g/mol. The molecule has 1 aromatic heterocycles. The van der Waals surface area contributed by atoms with Gasteiger partial charge < -0.3 is 9.88 Å². The Morgan fingerprint density at radius 1 is 1.37 bits per heavy atom. The molecule has 0 aromatic carbocycles. The summed E-state index contributed by atoms with van der Waals surface area (Å²) < 4.78 is 2.33. The Bertz CT molecular complexity index is 377. The number of unbranched alkanes of at least 4 members (excludes halogenated alkanes) is 2. The zero-order valence-corrected chi connectivity index (χ0v) is 12.8. The van der Waals surface area contributed by atoms with Crippen LogP contribution in [0, 0.1) is 5.41 Å². The van der Waals surface area contributed by atoms with E-state index in [-0.39, 0.29) is 0 Å². The van der Waals surface area contributed by atoms with Gasteiger partial charge in [0.2, 0.25) is 0 Å². The van der Waals surface area contributed by atoms with E-state index in [1.165, 1.54) is 44.2 Å². The molecule has 2 rings (SSSR count). The zero-order chi connectivity index (χ0) is 13.7. The van der Waals surface area contributed by atoms with Gasteiger partial charge in [0.05, 0.1) is 12.0 Å². The Hall–Kier alpha value is -0.830. The number of hydrogen-bond acceptors (Lipinski definition) is 2. The normalized spacial score (nSPS) is 15.9. The van der Waals surface area contributed by atoms with Gasteiger partial charge in [-0.2, -0.15) is 0 Å². The van der Waals surface area contributed by atoms with Gasteiger partial charge in [0.15, 0.2) is 0 Å². The van der Waals surface area contributed by atoms with Gasteiger partial charge in [0, 0.05) is 25.3 Å². The van der Waals surface area contributed by atoms with E-state index in [0.29, 0.717) is 5.41 Å². The molecule has 0 bridgehead atoms. The second-order valence-electron chi connectivity index (χ2n) is 6.79. The molecule has 0 saturated heterocycles. The summed E-state index contributed by atoms with van der Waals surface area (Å²) in [4.78, 5) is 4.32. The first-order chi connectivity index (χ1) is 9.11. The summed E-state index contributed by atoms with van der Waals surface area (Å²) >= 11 is 0. The van der Waals surface area contributed by atoms with Crippen molar-refractivity contribution in [2.24, 2.45) is 5.41 Å². The van der Waals surface area contributed by atoms with E-state index >= 15 is 0 Å². The van der Waals surface area contributed by atoms with Crippen molar-refractivity contribution in [3.63, 3.8) is 0 Å². The van der Waals surface area contributed by atoms with E-state index in [4.69, 9.17) is 0 Å². The maximum atomic E-state index is 4.32. The van der Waals surface area contributed by atoms with E-state index in [2.05, 4.69) is 35.6 Å². The van der Waals surface area contributed by atoms with Crippen molar-refractivity contribution in [1.82, 2.24) is 14.9 Å². The second kappa shape index (κ2) is 6.56. The lowest BCUT2D eigenvalue weighted by molar-refractivity contribution is 0.268. The van der Waals surface area contributed by atoms with Crippen LogP contribution in [0.3, 0.4) is 0 Å². The minimum Gasteiger partial charge on any atom is -0.333 e. The molecule has 1 aliphatic carbocycles. The Kier molecular flexibility index (Phi) is 5.03. The van der Waals surface area contributed by atoms with E-state index in [1.807, 2.05) is 12.5 Å². The summed E-state index contributed by atoms with van der Waals surface area (Å²) in [6.07, 6.45) is 12.0. The molecule has 0 spiro atoms. The molecule has 0 radical (unpaired) electrons. The van der Waals surface area contributed by atoms with E-state index in [0.717, 1.165) is 19.1 Å². The second-order valence-corrected chi connectivity index (χ2v) is 6.79. The van der Waals surface area contributed by atoms with Gasteiger partial charge in [-0.15, -0.1) is 0 Å². The highest BCUT2D eigenvalue weighted by molar-refractivity contribution is 5.00. The van der Waals surface area contributed by atoms with Crippen LogP contribution in [-0.2, 0) is 13.1 Å². The quantitative estimate of drug-likeness (QED) is 0.688. The lowest BCUT2D eigenvalue weighted by atomic mass is 9.86. The number of hydrogen-bond donors (Lipinski definition) is 1. The largest absolute Gasteiger partial charge is 0.333 e. The lowest BCUT2D eigenvalue weighted by Gasteiger charge is -2.26. The van der Waals surface area contributed by atoms with Gasteiger partial charge in [-0.05, 0) is 24.7 Å². The summed E-state index contributed by atoms with van der Waals surface area (Å²) in [6, 6.07) is 0.765. The van der Waals surface area contributed by atoms with E-state index in [9.17, 15) is 0 Å². The number of nitrogens with zero attached hydrogens (tertiary/aromatic N) is 2. The highest BCUT2D eigenvalue weighted by Crippen LogP contribution is 2.27. The van der Waals surface area contributed by atoms with Crippen LogP contribution in [0.15, 0.2) is 12.5 Å². The van der Waals surface area contributed by atoms with Crippen molar-refractivity contribution in [3.05, 3.63) is 18.2 Å². The average Bonchev–Trinajstić information content (AvgIpc) is 3.08. The first kappa shape index (κ1) is 14.6. The van der Waals surface area contributed by atoms with Crippen molar-refractivity contribution in [3.8, 4) is 0 Å². The highest BCUT2D eigenvalue weighted by Gasteiger charge is 2.22. The minimum absolute atomic E-state index is 0.365. The zero-order valence-electron chi connectivity index (χ0n) is 12.8. The van der Waals surface area contributed by atoms with Crippen molar-refractivity contribution in [2.45, 2.75) is 78.4 Å². The van der Waals surface area contributed by atoms with E-state index < -0.39 is 0 Å². The molecular weight excluding hydrogens is 234 g/mol. The molecular formula is C16H29N3. The minimum atomic E-state index is 0.365. The van der Waals surface area contributed by atoms with Crippen LogP contribution in [0.4, 0.5) is 0 Å². The molecule has 0 atom stereocenters. The first-order valence-electron chi connectivity index (χ1n) is 7.83. The molecule has 0 amide bonds. The van der Waals surface area contributed by atoms with Crippen LogP contribution in [0.1, 0.15) is 65.0 Å². The molecule has 1 aromatic rings. The highest BCUT2D eigenvalue weighted by atomic mass is 15.1. The average molecular weight is 263 g/mol. The van der Waals surface area contributed by atoms with Gasteiger partial charge in [-0.25, -0.2) is 4.98 Å². The number of imidazole rings is 1. The van der Waals surface area contributed by atoms with Gasteiger partial charge in [0.1, 0.15) is 0 Å². The number of rotatable bonds is 9. The molecule has 19 heavy (non-hydrogen) atoms. The van der Waals surface area contributed by atoms with Crippen molar-refractivity contribution in [1.29, 1.82) is 0 Å². The SMILES string of the molecule is CCCCCC(C)(C)Cn1cncc1CNC1CC1. The van der Waals surface area contributed by atoms with Crippen LogP contribution in [0.2, 0.25) is 0 Å². The standard InChI is InChI=1S/C16H29N3/c1-4-5-6-9-16(2,3)12-19-13-17-10-15(19)11-18-14-7-8-14/h10,13-14,18H,4-9,11-12H2,1-3H3.